The van der Waals surface area contributed by atoms with Crippen LogP contribution in [0, 0.1) is 25.2 Å². The maximum atomic E-state index is 13.2. The molecule has 0 radical (unpaired) electrons. The van der Waals surface area contributed by atoms with Crippen LogP contribution in [0.25, 0.3) is 10.9 Å². The monoisotopic (exact) mass is 357 g/mol. The number of carbonyl (C=O) groups excluding carboxylic acids is 1. The van der Waals surface area contributed by atoms with Crippen molar-refractivity contribution in [1.82, 2.24) is 9.88 Å². The number of aromatic nitrogens is 1. The second kappa shape index (κ2) is 6.59. The van der Waals surface area contributed by atoms with E-state index in [4.69, 9.17) is 0 Å². The fourth-order valence-corrected chi connectivity index (χ4v) is 4.15. The van der Waals surface area contributed by atoms with Crippen molar-refractivity contribution in [3.8, 4) is 6.07 Å². The molecular formula is C23H23N3O. The van der Waals surface area contributed by atoms with Crippen LogP contribution in [0.5, 0.6) is 0 Å². The normalized spacial score (nSPS) is 16.3. The molecule has 2 aromatic carbocycles. The Balaban J connectivity index is 1.60. The number of carbonyl (C=O) groups is 1. The number of H-pyrrole nitrogens is 1. The third-order valence-electron chi connectivity index (χ3n) is 6.02. The Morgan fingerprint density at radius 3 is 2.44 bits per heavy atom. The molecule has 4 nitrogen and oxygen atoms in total. The number of piperidine rings is 1. The van der Waals surface area contributed by atoms with Gasteiger partial charge in [0.1, 0.15) is 0 Å². The molecule has 27 heavy (non-hydrogen) atoms. The van der Waals surface area contributed by atoms with Crippen LogP contribution in [0.4, 0.5) is 0 Å². The Bertz CT molecular complexity index is 1030. The van der Waals surface area contributed by atoms with E-state index in [2.05, 4.69) is 24.0 Å². The molecule has 0 atom stereocenters. The highest BCUT2D eigenvalue weighted by atomic mass is 16.2. The van der Waals surface area contributed by atoms with Gasteiger partial charge in [0.2, 0.25) is 0 Å². The molecule has 2 heterocycles. The number of nitriles is 1. The highest BCUT2D eigenvalue weighted by Gasteiger charge is 2.38. The molecule has 1 amide bonds. The van der Waals surface area contributed by atoms with E-state index in [1.54, 1.807) is 0 Å². The zero-order chi connectivity index (χ0) is 19.0. The summed E-state index contributed by atoms with van der Waals surface area (Å²) in [5.74, 6) is 0.0430. The van der Waals surface area contributed by atoms with Gasteiger partial charge in [-0.2, -0.15) is 5.26 Å². The summed E-state index contributed by atoms with van der Waals surface area (Å²) >= 11 is 0. The first kappa shape index (κ1) is 17.4. The number of aromatic amines is 1. The topological polar surface area (TPSA) is 59.9 Å². The van der Waals surface area contributed by atoms with E-state index in [0.717, 1.165) is 22.2 Å². The van der Waals surface area contributed by atoms with E-state index >= 15 is 0 Å². The molecule has 0 aliphatic carbocycles. The number of hydrogen-bond acceptors (Lipinski definition) is 2. The maximum absolute atomic E-state index is 13.2. The van der Waals surface area contributed by atoms with Gasteiger partial charge in [0.25, 0.3) is 5.91 Å². The van der Waals surface area contributed by atoms with Crippen LogP contribution in [0.2, 0.25) is 0 Å². The standard InChI is InChI=1S/C23H23N3O/c1-16-17(2)25-21-19(16)9-6-10-20(21)22(27)26-13-11-23(15-24,12-14-26)18-7-4-3-5-8-18/h3-10,25H,11-14H2,1-2H3. The van der Waals surface area contributed by atoms with Gasteiger partial charge in [-0.05, 0) is 43.9 Å². The highest BCUT2D eigenvalue weighted by molar-refractivity contribution is 6.06. The average molecular weight is 357 g/mol. The Hall–Kier alpha value is -3.06. The lowest BCUT2D eigenvalue weighted by Gasteiger charge is -2.37. The van der Waals surface area contributed by atoms with Crippen molar-refractivity contribution >= 4 is 16.8 Å². The minimum atomic E-state index is -0.496. The molecule has 0 unspecified atom stereocenters. The zero-order valence-corrected chi connectivity index (χ0v) is 15.7. The number of benzene rings is 2. The molecule has 0 spiro atoms. The van der Waals surface area contributed by atoms with Gasteiger partial charge in [-0.15, -0.1) is 0 Å². The lowest BCUT2D eigenvalue weighted by Crippen LogP contribution is -2.44. The Morgan fingerprint density at radius 1 is 1.07 bits per heavy atom. The number of para-hydroxylation sites is 1. The van der Waals surface area contributed by atoms with Gasteiger partial charge in [0.05, 0.1) is 22.6 Å². The van der Waals surface area contributed by atoms with E-state index in [1.807, 2.05) is 54.3 Å². The van der Waals surface area contributed by atoms with Crippen LogP contribution in [-0.2, 0) is 5.41 Å². The van der Waals surface area contributed by atoms with E-state index in [9.17, 15) is 10.1 Å². The van der Waals surface area contributed by atoms with Gasteiger partial charge in [-0.1, -0.05) is 42.5 Å². The number of nitrogens with one attached hydrogen (secondary N) is 1. The highest BCUT2D eigenvalue weighted by Crippen LogP contribution is 2.35. The first-order valence-corrected chi connectivity index (χ1v) is 9.40. The molecule has 4 rings (SSSR count). The predicted molar refractivity (Wildman–Crippen MR) is 107 cm³/mol. The van der Waals surface area contributed by atoms with Crippen molar-refractivity contribution in [3.05, 3.63) is 70.9 Å². The SMILES string of the molecule is Cc1[nH]c2c(C(=O)N3CCC(C#N)(c4ccccc4)CC3)cccc2c1C. The van der Waals surface area contributed by atoms with Crippen LogP contribution < -0.4 is 0 Å². The van der Waals surface area contributed by atoms with Crippen LogP contribution >= 0.6 is 0 Å². The van der Waals surface area contributed by atoms with Gasteiger partial charge >= 0.3 is 0 Å². The summed E-state index contributed by atoms with van der Waals surface area (Å²) in [4.78, 5) is 18.4. The molecular weight excluding hydrogens is 334 g/mol. The minimum Gasteiger partial charge on any atom is -0.358 e. The first-order chi connectivity index (χ1) is 13.1. The van der Waals surface area contributed by atoms with Crippen molar-refractivity contribution in [2.75, 3.05) is 13.1 Å². The smallest absolute Gasteiger partial charge is 0.255 e. The van der Waals surface area contributed by atoms with Crippen LogP contribution in [0.1, 0.15) is 40.0 Å². The Labute approximate surface area is 159 Å². The van der Waals surface area contributed by atoms with Crippen molar-refractivity contribution in [2.45, 2.75) is 32.1 Å². The number of aryl methyl sites for hydroxylation is 2. The summed E-state index contributed by atoms with van der Waals surface area (Å²) in [5, 5.41) is 11.0. The zero-order valence-electron chi connectivity index (χ0n) is 15.7. The summed E-state index contributed by atoms with van der Waals surface area (Å²) < 4.78 is 0. The summed E-state index contributed by atoms with van der Waals surface area (Å²) in [6.45, 7) is 5.29. The maximum Gasteiger partial charge on any atom is 0.255 e. The Morgan fingerprint density at radius 2 is 1.78 bits per heavy atom. The van der Waals surface area contributed by atoms with Crippen molar-refractivity contribution < 1.29 is 4.79 Å². The average Bonchev–Trinajstić information content (AvgIpc) is 3.02. The summed E-state index contributed by atoms with van der Waals surface area (Å²) in [6, 6.07) is 18.4. The second-order valence-electron chi connectivity index (χ2n) is 7.46. The van der Waals surface area contributed by atoms with Gasteiger partial charge in [0, 0.05) is 24.2 Å². The fourth-order valence-electron chi connectivity index (χ4n) is 4.15. The van der Waals surface area contributed by atoms with E-state index in [1.165, 1.54) is 5.56 Å². The number of fused-ring (bicyclic) bond motifs is 1. The fraction of sp³-hybridized carbons (Fsp3) is 0.304. The molecule has 1 N–H and O–H groups in total. The summed E-state index contributed by atoms with van der Waals surface area (Å²) in [6.07, 6.45) is 1.33. The number of amides is 1. The summed E-state index contributed by atoms with van der Waals surface area (Å²) in [5.41, 5.74) is 4.47. The van der Waals surface area contributed by atoms with Crippen LogP contribution in [0.15, 0.2) is 48.5 Å². The third-order valence-corrected chi connectivity index (χ3v) is 6.02. The molecule has 1 aliphatic rings. The molecule has 1 fully saturated rings. The number of rotatable bonds is 2. The van der Waals surface area contributed by atoms with E-state index in [-0.39, 0.29) is 5.91 Å². The lowest BCUT2D eigenvalue weighted by molar-refractivity contribution is 0.0693. The molecule has 0 saturated carbocycles. The molecule has 1 aliphatic heterocycles. The van der Waals surface area contributed by atoms with Crippen molar-refractivity contribution in [3.63, 3.8) is 0 Å². The number of likely N-dealkylation sites (tertiary alicyclic amines) is 1. The van der Waals surface area contributed by atoms with Gasteiger partial charge in [0.15, 0.2) is 0 Å². The number of hydrogen-bond donors (Lipinski definition) is 1. The molecule has 0 bridgehead atoms. The van der Waals surface area contributed by atoms with Crippen molar-refractivity contribution in [2.24, 2.45) is 0 Å². The quantitative estimate of drug-likeness (QED) is 0.735. The summed E-state index contributed by atoms with van der Waals surface area (Å²) in [7, 11) is 0. The minimum absolute atomic E-state index is 0.0430. The Kier molecular flexibility index (Phi) is 4.24. The molecule has 1 aromatic heterocycles. The largest absolute Gasteiger partial charge is 0.358 e. The van der Waals surface area contributed by atoms with Crippen LogP contribution in [0.3, 0.4) is 0 Å². The van der Waals surface area contributed by atoms with Crippen molar-refractivity contribution in [1.29, 1.82) is 5.26 Å². The molecule has 1 saturated heterocycles. The first-order valence-electron chi connectivity index (χ1n) is 9.40. The van der Waals surface area contributed by atoms with Crippen LogP contribution in [-0.4, -0.2) is 28.9 Å². The van der Waals surface area contributed by atoms with E-state index < -0.39 is 5.41 Å². The molecule has 136 valence electrons. The third kappa shape index (κ3) is 2.80. The van der Waals surface area contributed by atoms with E-state index in [0.29, 0.717) is 31.5 Å². The number of nitrogens with zero attached hydrogens (tertiary/aromatic N) is 2. The predicted octanol–water partition coefficient (Wildman–Crippen LogP) is 4.48. The van der Waals surface area contributed by atoms with Gasteiger partial charge in [-0.3, -0.25) is 4.79 Å². The second-order valence-corrected chi connectivity index (χ2v) is 7.46. The molecule has 3 aromatic rings. The lowest BCUT2D eigenvalue weighted by atomic mass is 9.74. The van der Waals surface area contributed by atoms with Gasteiger partial charge < -0.3 is 9.88 Å². The molecule has 4 heteroatoms. The van der Waals surface area contributed by atoms with Gasteiger partial charge in [-0.25, -0.2) is 0 Å².